The predicted octanol–water partition coefficient (Wildman–Crippen LogP) is 3.99. The molecule has 0 aliphatic carbocycles. The zero-order chi connectivity index (χ0) is 14.7. The minimum absolute atomic E-state index is 0.442. The van der Waals surface area contributed by atoms with Crippen LogP contribution >= 0.6 is 11.6 Å². The maximum absolute atomic E-state index is 5.90. The highest BCUT2D eigenvalue weighted by Gasteiger charge is 2.14. The quantitative estimate of drug-likeness (QED) is 0.858. The van der Waals surface area contributed by atoms with E-state index in [1.54, 1.807) is 12.4 Å². The molecule has 0 fully saturated rings. The van der Waals surface area contributed by atoms with Gasteiger partial charge in [0.2, 0.25) is 0 Å². The second kappa shape index (κ2) is 6.27. The molecule has 108 valence electrons. The molecule has 0 amide bonds. The smallest absolute Gasteiger partial charge is 0.149 e. The van der Waals surface area contributed by atoms with Gasteiger partial charge in [-0.1, -0.05) is 48.9 Å². The second-order valence-corrected chi connectivity index (χ2v) is 5.56. The molecule has 21 heavy (non-hydrogen) atoms. The molecule has 0 saturated heterocycles. The predicted molar refractivity (Wildman–Crippen MR) is 87.7 cm³/mol. The monoisotopic (exact) mass is 299 g/mol. The van der Waals surface area contributed by atoms with E-state index in [2.05, 4.69) is 52.1 Å². The summed E-state index contributed by atoms with van der Waals surface area (Å²) in [5.41, 5.74) is 4.11. The molecule has 0 saturated carbocycles. The van der Waals surface area contributed by atoms with E-state index in [0.717, 1.165) is 31.7 Å². The van der Waals surface area contributed by atoms with Gasteiger partial charge < -0.3 is 4.90 Å². The Labute approximate surface area is 130 Å². The number of hydrogen-bond acceptors (Lipinski definition) is 3. The van der Waals surface area contributed by atoms with Crippen LogP contribution in [0.15, 0.2) is 42.7 Å². The topological polar surface area (TPSA) is 29.0 Å². The Bertz CT molecular complexity index is 649. The molecule has 4 heteroatoms. The molecule has 0 bridgehead atoms. The van der Waals surface area contributed by atoms with Gasteiger partial charge in [0.1, 0.15) is 11.0 Å². The first-order valence-corrected chi connectivity index (χ1v) is 7.65. The molecular formula is C17H18ClN3. The number of halogens is 1. The second-order valence-electron chi connectivity index (χ2n) is 5.18. The number of rotatable bonds is 3. The van der Waals surface area contributed by atoms with Gasteiger partial charge in [-0.25, -0.2) is 4.98 Å². The van der Waals surface area contributed by atoms with Crippen LogP contribution in [0.1, 0.15) is 24.5 Å². The van der Waals surface area contributed by atoms with Crippen LogP contribution in [0.4, 0.5) is 5.82 Å². The van der Waals surface area contributed by atoms with Crippen molar-refractivity contribution >= 4 is 23.0 Å². The summed E-state index contributed by atoms with van der Waals surface area (Å²) in [6, 6.07) is 8.87. The van der Waals surface area contributed by atoms with E-state index in [9.17, 15) is 0 Å². The third-order valence-corrected chi connectivity index (χ3v) is 4.04. The van der Waals surface area contributed by atoms with Crippen LogP contribution < -0.4 is 4.90 Å². The fourth-order valence-corrected chi connectivity index (χ4v) is 2.72. The lowest BCUT2D eigenvalue weighted by molar-refractivity contribution is 0.812. The highest BCUT2D eigenvalue weighted by Crippen LogP contribution is 2.25. The highest BCUT2D eigenvalue weighted by atomic mass is 35.5. The lowest BCUT2D eigenvalue weighted by Crippen LogP contribution is -2.29. The maximum Gasteiger partial charge on any atom is 0.149 e. The molecule has 2 aromatic rings. The third-order valence-electron chi connectivity index (χ3n) is 3.86. The summed E-state index contributed by atoms with van der Waals surface area (Å²) in [6.07, 6.45) is 7.69. The lowest BCUT2D eigenvalue weighted by atomic mass is 9.98. The number of nitrogens with zero attached hydrogens (tertiary/aromatic N) is 3. The van der Waals surface area contributed by atoms with E-state index in [1.807, 2.05) is 0 Å². The zero-order valence-electron chi connectivity index (χ0n) is 12.1. The number of benzene rings is 1. The van der Waals surface area contributed by atoms with Crippen molar-refractivity contribution in [3.8, 4) is 0 Å². The standard InChI is InChI=1S/C17H18ClN3/c1-2-13-3-5-14(6-4-13)15-7-9-21(10-8-15)17-12-19-11-16(18)20-17/h3-7,11-12H,2,8-10H2,1H3. The Hall–Kier alpha value is -1.87. The van der Waals surface area contributed by atoms with Crippen molar-refractivity contribution in [3.63, 3.8) is 0 Å². The summed E-state index contributed by atoms with van der Waals surface area (Å²) in [5.74, 6) is 0.846. The maximum atomic E-state index is 5.90. The van der Waals surface area contributed by atoms with Crippen LogP contribution in [0, 0.1) is 0 Å². The van der Waals surface area contributed by atoms with Crippen LogP contribution in [-0.4, -0.2) is 23.1 Å². The van der Waals surface area contributed by atoms with Crippen molar-refractivity contribution in [1.29, 1.82) is 0 Å². The minimum atomic E-state index is 0.442. The molecule has 1 aromatic heterocycles. The summed E-state index contributed by atoms with van der Waals surface area (Å²) in [6.45, 7) is 3.97. The number of hydrogen-bond donors (Lipinski definition) is 0. The van der Waals surface area contributed by atoms with Crippen molar-refractivity contribution in [3.05, 3.63) is 59.0 Å². The fraction of sp³-hybridized carbons (Fsp3) is 0.294. The molecule has 2 heterocycles. The summed E-state index contributed by atoms with van der Waals surface area (Å²) in [7, 11) is 0. The lowest BCUT2D eigenvalue weighted by Gasteiger charge is -2.27. The van der Waals surface area contributed by atoms with Gasteiger partial charge in [-0.05, 0) is 29.5 Å². The van der Waals surface area contributed by atoms with Gasteiger partial charge in [0.05, 0.1) is 12.4 Å². The summed E-state index contributed by atoms with van der Waals surface area (Å²) in [4.78, 5) is 10.6. The van der Waals surface area contributed by atoms with Crippen LogP contribution in [0.25, 0.3) is 5.57 Å². The van der Waals surface area contributed by atoms with Crippen molar-refractivity contribution in [2.24, 2.45) is 0 Å². The van der Waals surface area contributed by atoms with Gasteiger partial charge in [0, 0.05) is 13.1 Å². The van der Waals surface area contributed by atoms with E-state index in [4.69, 9.17) is 11.6 Å². The van der Waals surface area contributed by atoms with Crippen LogP contribution in [-0.2, 0) is 6.42 Å². The highest BCUT2D eigenvalue weighted by molar-refractivity contribution is 6.29. The van der Waals surface area contributed by atoms with E-state index in [0.29, 0.717) is 5.15 Å². The Balaban J connectivity index is 1.74. The minimum Gasteiger partial charge on any atom is -0.351 e. The summed E-state index contributed by atoms with van der Waals surface area (Å²) < 4.78 is 0. The van der Waals surface area contributed by atoms with Gasteiger partial charge in [0.15, 0.2) is 0 Å². The van der Waals surface area contributed by atoms with Crippen molar-refractivity contribution < 1.29 is 0 Å². The average molecular weight is 300 g/mol. The summed E-state index contributed by atoms with van der Waals surface area (Å²) in [5, 5.41) is 0.442. The zero-order valence-corrected chi connectivity index (χ0v) is 12.8. The van der Waals surface area contributed by atoms with E-state index < -0.39 is 0 Å². The van der Waals surface area contributed by atoms with Gasteiger partial charge in [-0.15, -0.1) is 0 Å². The molecule has 1 aliphatic rings. The van der Waals surface area contributed by atoms with Gasteiger partial charge in [-0.3, -0.25) is 4.98 Å². The Kier molecular flexibility index (Phi) is 4.20. The van der Waals surface area contributed by atoms with E-state index in [-0.39, 0.29) is 0 Å². The molecule has 0 spiro atoms. The Morgan fingerprint density at radius 3 is 2.62 bits per heavy atom. The molecule has 1 aromatic carbocycles. The Morgan fingerprint density at radius 1 is 1.19 bits per heavy atom. The van der Waals surface area contributed by atoms with Gasteiger partial charge in [-0.2, -0.15) is 0 Å². The number of aryl methyl sites for hydroxylation is 1. The van der Waals surface area contributed by atoms with Gasteiger partial charge >= 0.3 is 0 Å². The Morgan fingerprint density at radius 2 is 2.00 bits per heavy atom. The average Bonchev–Trinajstić information content (AvgIpc) is 2.55. The molecule has 0 radical (unpaired) electrons. The molecule has 3 nitrogen and oxygen atoms in total. The molecule has 0 atom stereocenters. The van der Waals surface area contributed by atoms with E-state index in [1.165, 1.54) is 16.7 Å². The van der Waals surface area contributed by atoms with Crippen LogP contribution in [0.3, 0.4) is 0 Å². The molecular weight excluding hydrogens is 282 g/mol. The van der Waals surface area contributed by atoms with Crippen LogP contribution in [0.5, 0.6) is 0 Å². The first-order chi connectivity index (χ1) is 10.3. The first-order valence-electron chi connectivity index (χ1n) is 7.27. The molecule has 3 rings (SSSR count). The van der Waals surface area contributed by atoms with Crippen molar-refractivity contribution in [2.75, 3.05) is 18.0 Å². The normalized spacial score (nSPS) is 15.0. The first kappa shape index (κ1) is 14.1. The van der Waals surface area contributed by atoms with E-state index >= 15 is 0 Å². The summed E-state index contributed by atoms with van der Waals surface area (Å²) >= 11 is 5.90. The fourth-order valence-electron chi connectivity index (χ4n) is 2.58. The number of anilines is 1. The van der Waals surface area contributed by atoms with Crippen molar-refractivity contribution in [1.82, 2.24) is 9.97 Å². The largest absolute Gasteiger partial charge is 0.351 e. The van der Waals surface area contributed by atoms with Crippen molar-refractivity contribution in [2.45, 2.75) is 19.8 Å². The molecule has 0 N–H and O–H groups in total. The molecule has 0 unspecified atom stereocenters. The SMILES string of the molecule is CCc1ccc(C2=CCN(c3cncc(Cl)n3)CC2)cc1. The molecule has 1 aliphatic heterocycles. The third kappa shape index (κ3) is 3.24. The number of aromatic nitrogens is 2. The van der Waals surface area contributed by atoms with Gasteiger partial charge in [0.25, 0.3) is 0 Å². The van der Waals surface area contributed by atoms with Crippen LogP contribution in [0.2, 0.25) is 5.15 Å².